The van der Waals surface area contributed by atoms with Crippen molar-refractivity contribution in [1.29, 1.82) is 0 Å². The van der Waals surface area contributed by atoms with Crippen molar-refractivity contribution in [2.75, 3.05) is 17.3 Å². The lowest BCUT2D eigenvalue weighted by Crippen LogP contribution is -2.37. The van der Waals surface area contributed by atoms with E-state index in [9.17, 15) is 18.0 Å². The third-order valence-corrected chi connectivity index (χ3v) is 3.47. The van der Waals surface area contributed by atoms with Crippen LogP contribution in [0.3, 0.4) is 0 Å². The second kappa shape index (κ2) is 5.98. The monoisotopic (exact) mass is 287 g/mol. The molecule has 1 atom stereocenters. The van der Waals surface area contributed by atoms with Crippen LogP contribution < -0.4 is 16.6 Å². The molecule has 8 heteroatoms. The predicted molar refractivity (Wildman–Crippen MR) is 72.6 cm³/mol. The molecule has 0 radical (unpaired) electrons. The first-order valence-electron chi connectivity index (χ1n) is 5.60. The first kappa shape index (κ1) is 15.4. The summed E-state index contributed by atoms with van der Waals surface area (Å²) in [6.45, 7) is 0. The summed E-state index contributed by atoms with van der Waals surface area (Å²) in [5.74, 6) is -0.628. The van der Waals surface area contributed by atoms with Crippen LogP contribution in [0.1, 0.15) is 6.42 Å². The molecule has 0 aliphatic carbocycles. The number of carbonyl (C=O) groups excluding carboxylic acids is 1. The maximum absolute atomic E-state index is 11.7. The Morgan fingerprint density at radius 2 is 2.11 bits per heavy atom. The van der Waals surface area contributed by atoms with Crippen molar-refractivity contribution in [3.05, 3.63) is 28.7 Å². The minimum atomic E-state index is -3.14. The molecule has 0 saturated heterocycles. The summed E-state index contributed by atoms with van der Waals surface area (Å²) < 4.78 is 23.3. The van der Waals surface area contributed by atoms with Gasteiger partial charge in [-0.15, -0.1) is 0 Å². The van der Waals surface area contributed by atoms with E-state index in [1.807, 2.05) is 0 Å². The van der Waals surface area contributed by atoms with Gasteiger partial charge in [0.25, 0.3) is 0 Å². The molecule has 0 aromatic carbocycles. The molecule has 1 unspecified atom stereocenters. The number of amides is 1. The summed E-state index contributed by atoms with van der Waals surface area (Å²) in [5, 5.41) is 2.53. The van der Waals surface area contributed by atoms with E-state index < -0.39 is 21.8 Å². The molecule has 19 heavy (non-hydrogen) atoms. The number of nitrogens with one attached hydrogen (secondary N) is 1. The van der Waals surface area contributed by atoms with Gasteiger partial charge in [-0.05, 0) is 12.5 Å². The van der Waals surface area contributed by atoms with Crippen LogP contribution in [0.15, 0.2) is 23.1 Å². The van der Waals surface area contributed by atoms with E-state index in [-0.39, 0.29) is 17.7 Å². The number of carbonyl (C=O) groups is 1. The molecule has 0 saturated carbocycles. The lowest BCUT2D eigenvalue weighted by atomic mass is 10.2. The molecular weight excluding hydrogens is 270 g/mol. The Labute approximate surface area is 111 Å². The molecule has 1 rings (SSSR count). The zero-order chi connectivity index (χ0) is 14.6. The zero-order valence-electron chi connectivity index (χ0n) is 10.8. The van der Waals surface area contributed by atoms with Gasteiger partial charge in [0, 0.05) is 25.6 Å². The fourth-order valence-corrected chi connectivity index (χ4v) is 2.06. The Morgan fingerprint density at radius 1 is 1.47 bits per heavy atom. The van der Waals surface area contributed by atoms with Gasteiger partial charge in [-0.3, -0.25) is 9.59 Å². The van der Waals surface area contributed by atoms with Crippen LogP contribution in [0, 0.1) is 0 Å². The maximum Gasteiger partial charge on any atom is 0.250 e. The molecule has 1 amide bonds. The number of nitrogens with zero attached hydrogens (tertiary/aromatic N) is 1. The van der Waals surface area contributed by atoms with Crippen LogP contribution in [0.4, 0.5) is 5.69 Å². The first-order valence-corrected chi connectivity index (χ1v) is 7.66. The SMILES string of the molecule is Cn1cc(NC(=O)C(N)CCS(C)(=O)=O)ccc1=O. The van der Waals surface area contributed by atoms with Gasteiger partial charge in [0.05, 0.1) is 17.5 Å². The van der Waals surface area contributed by atoms with Gasteiger partial charge in [0.2, 0.25) is 11.5 Å². The standard InChI is InChI=1S/C11H17N3O4S/c1-14-7-8(3-4-10(14)15)13-11(16)9(12)5-6-19(2,17)18/h3-4,7,9H,5-6,12H2,1-2H3,(H,13,16). The molecule has 106 valence electrons. The summed E-state index contributed by atoms with van der Waals surface area (Å²) >= 11 is 0. The van der Waals surface area contributed by atoms with Gasteiger partial charge in [-0.2, -0.15) is 0 Å². The summed E-state index contributed by atoms with van der Waals surface area (Å²) in [7, 11) is -1.59. The van der Waals surface area contributed by atoms with Gasteiger partial charge in [0.1, 0.15) is 9.84 Å². The lowest BCUT2D eigenvalue weighted by molar-refractivity contribution is -0.117. The van der Waals surface area contributed by atoms with Gasteiger partial charge < -0.3 is 15.6 Å². The smallest absolute Gasteiger partial charge is 0.250 e. The van der Waals surface area contributed by atoms with Gasteiger partial charge in [0.15, 0.2) is 0 Å². The number of rotatable bonds is 5. The van der Waals surface area contributed by atoms with Crippen molar-refractivity contribution < 1.29 is 13.2 Å². The summed E-state index contributed by atoms with van der Waals surface area (Å²) in [4.78, 5) is 22.9. The molecule has 7 nitrogen and oxygen atoms in total. The molecule has 0 bridgehead atoms. The topological polar surface area (TPSA) is 111 Å². The number of pyridine rings is 1. The molecule has 0 aliphatic rings. The van der Waals surface area contributed by atoms with Crippen molar-refractivity contribution in [2.24, 2.45) is 12.8 Å². The van der Waals surface area contributed by atoms with Crippen molar-refractivity contribution in [1.82, 2.24) is 4.57 Å². The summed E-state index contributed by atoms with van der Waals surface area (Å²) in [6, 6.07) is 1.87. The van der Waals surface area contributed by atoms with Crippen molar-refractivity contribution in [3.8, 4) is 0 Å². The molecule has 0 fully saturated rings. The number of anilines is 1. The number of hydrogen-bond acceptors (Lipinski definition) is 5. The number of nitrogens with two attached hydrogens (primary N) is 1. The van der Waals surface area contributed by atoms with E-state index in [1.165, 1.54) is 22.9 Å². The lowest BCUT2D eigenvalue weighted by Gasteiger charge is -2.12. The maximum atomic E-state index is 11.7. The zero-order valence-corrected chi connectivity index (χ0v) is 11.6. The molecule has 0 spiro atoms. The fraction of sp³-hybridized carbons (Fsp3) is 0.455. The number of hydrogen-bond donors (Lipinski definition) is 2. The highest BCUT2D eigenvalue weighted by atomic mass is 32.2. The second-order valence-electron chi connectivity index (χ2n) is 4.38. The molecule has 0 aliphatic heterocycles. The Kier molecular flexibility index (Phi) is 4.84. The number of sulfone groups is 1. The predicted octanol–water partition coefficient (Wildman–Crippen LogP) is -0.914. The van der Waals surface area contributed by atoms with Crippen molar-refractivity contribution in [2.45, 2.75) is 12.5 Å². The van der Waals surface area contributed by atoms with Crippen LogP contribution >= 0.6 is 0 Å². The van der Waals surface area contributed by atoms with Crippen LogP contribution in [0.5, 0.6) is 0 Å². The quantitative estimate of drug-likeness (QED) is 0.728. The second-order valence-corrected chi connectivity index (χ2v) is 6.64. The van der Waals surface area contributed by atoms with Crippen LogP contribution in [0.25, 0.3) is 0 Å². The highest BCUT2D eigenvalue weighted by Crippen LogP contribution is 2.04. The average Bonchev–Trinajstić information content (AvgIpc) is 2.29. The van der Waals surface area contributed by atoms with E-state index in [4.69, 9.17) is 5.73 Å². The molecule has 1 heterocycles. The van der Waals surface area contributed by atoms with E-state index in [0.717, 1.165) is 6.26 Å². The molecule has 1 aromatic rings. The summed E-state index contributed by atoms with van der Waals surface area (Å²) in [6.07, 6.45) is 2.60. The largest absolute Gasteiger partial charge is 0.323 e. The third-order valence-electron chi connectivity index (χ3n) is 2.49. The molecular formula is C11H17N3O4S. The highest BCUT2D eigenvalue weighted by Gasteiger charge is 2.16. The number of aryl methyl sites for hydroxylation is 1. The Bertz CT molecular complexity index is 621. The number of aromatic nitrogens is 1. The fourth-order valence-electron chi connectivity index (χ4n) is 1.37. The highest BCUT2D eigenvalue weighted by molar-refractivity contribution is 7.90. The van der Waals surface area contributed by atoms with E-state index >= 15 is 0 Å². The van der Waals surface area contributed by atoms with E-state index in [2.05, 4.69) is 5.32 Å². The molecule has 3 N–H and O–H groups in total. The van der Waals surface area contributed by atoms with E-state index in [1.54, 1.807) is 7.05 Å². The van der Waals surface area contributed by atoms with E-state index in [0.29, 0.717) is 5.69 Å². The Hall–Kier alpha value is -1.67. The summed E-state index contributed by atoms with van der Waals surface area (Å²) in [5.41, 5.74) is 5.83. The van der Waals surface area contributed by atoms with Gasteiger partial charge >= 0.3 is 0 Å². The normalized spacial score (nSPS) is 13.0. The average molecular weight is 287 g/mol. The Morgan fingerprint density at radius 3 is 2.63 bits per heavy atom. The first-order chi connectivity index (χ1) is 8.69. The third kappa shape index (κ3) is 5.23. The van der Waals surface area contributed by atoms with Gasteiger partial charge in [-0.25, -0.2) is 8.42 Å². The van der Waals surface area contributed by atoms with Gasteiger partial charge in [-0.1, -0.05) is 0 Å². The van der Waals surface area contributed by atoms with Crippen molar-refractivity contribution >= 4 is 21.4 Å². The van der Waals surface area contributed by atoms with Crippen LogP contribution in [-0.4, -0.2) is 36.9 Å². The Balaban J connectivity index is 2.63. The molecule has 1 aromatic heterocycles. The van der Waals surface area contributed by atoms with Crippen LogP contribution in [0.2, 0.25) is 0 Å². The minimum Gasteiger partial charge on any atom is -0.323 e. The van der Waals surface area contributed by atoms with Crippen LogP contribution in [-0.2, 0) is 21.7 Å². The van der Waals surface area contributed by atoms with Crippen molar-refractivity contribution in [3.63, 3.8) is 0 Å². The minimum absolute atomic E-state index is 0.0520.